The first-order chi connectivity index (χ1) is 16.1. The van der Waals surface area contributed by atoms with Crippen molar-refractivity contribution < 1.29 is 9.53 Å². The lowest BCUT2D eigenvalue weighted by Crippen LogP contribution is -2.47. The summed E-state index contributed by atoms with van der Waals surface area (Å²) in [6, 6.07) is 7.95. The van der Waals surface area contributed by atoms with Crippen LogP contribution < -0.4 is 15.5 Å². The maximum absolute atomic E-state index is 13.2. The van der Waals surface area contributed by atoms with E-state index in [0.717, 1.165) is 52.8 Å². The van der Waals surface area contributed by atoms with Crippen molar-refractivity contribution in [2.24, 2.45) is 0 Å². The summed E-state index contributed by atoms with van der Waals surface area (Å²) in [5, 5.41) is 16.2. The van der Waals surface area contributed by atoms with Crippen LogP contribution in [-0.2, 0) is 16.0 Å². The van der Waals surface area contributed by atoms with Crippen LogP contribution in [0, 0.1) is 11.3 Å². The molecule has 1 saturated carbocycles. The number of nitriles is 1. The number of amides is 1. The third kappa shape index (κ3) is 6.15. The van der Waals surface area contributed by atoms with Gasteiger partial charge in [-0.25, -0.2) is 4.98 Å². The Hall–Kier alpha value is -3.29. The first-order valence-electron chi connectivity index (χ1n) is 11.1. The Morgan fingerprint density at radius 3 is 2.88 bits per heavy atom. The normalized spacial score (nSPS) is 16.1. The van der Waals surface area contributed by atoms with Crippen LogP contribution in [0.3, 0.4) is 0 Å². The highest BCUT2D eigenvalue weighted by Crippen LogP contribution is 2.23. The Balaban J connectivity index is 1.50. The van der Waals surface area contributed by atoms with Crippen molar-refractivity contribution in [1.29, 1.82) is 5.26 Å². The third-order valence-electron chi connectivity index (χ3n) is 5.67. The molecule has 1 aliphatic carbocycles. The van der Waals surface area contributed by atoms with E-state index in [-0.39, 0.29) is 29.9 Å². The van der Waals surface area contributed by atoms with Crippen LogP contribution in [0.4, 0.5) is 5.82 Å². The van der Waals surface area contributed by atoms with Crippen molar-refractivity contribution in [3.8, 4) is 6.07 Å². The molecule has 1 amide bonds. The van der Waals surface area contributed by atoms with Gasteiger partial charge in [-0.3, -0.25) is 9.59 Å². The molecule has 1 aliphatic rings. The monoisotopic (exact) mass is 466 g/mol. The summed E-state index contributed by atoms with van der Waals surface area (Å²) in [5.41, 5.74) is 0.736. The van der Waals surface area contributed by atoms with Crippen LogP contribution in [0.1, 0.15) is 37.8 Å². The molecule has 2 aromatic heterocycles. The summed E-state index contributed by atoms with van der Waals surface area (Å²) in [6.45, 7) is 0.141. The van der Waals surface area contributed by atoms with Crippen molar-refractivity contribution in [1.82, 2.24) is 20.3 Å². The highest BCUT2D eigenvalue weighted by Gasteiger charge is 2.25. The molecule has 3 N–H and O–H groups in total. The van der Waals surface area contributed by atoms with Crippen LogP contribution in [0.15, 0.2) is 41.6 Å². The maximum atomic E-state index is 13.2. The number of aromatic amines is 1. The lowest BCUT2D eigenvalue weighted by Gasteiger charge is -2.24. The highest BCUT2D eigenvalue weighted by atomic mass is 32.1. The molecule has 172 valence electrons. The van der Waals surface area contributed by atoms with E-state index in [1.165, 1.54) is 12.7 Å². The van der Waals surface area contributed by atoms with Crippen LogP contribution in [0.2, 0.25) is 0 Å². The molecule has 0 spiro atoms. The van der Waals surface area contributed by atoms with E-state index < -0.39 is 12.1 Å². The summed E-state index contributed by atoms with van der Waals surface area (Å²) in [7, 11) is 0. The van der Waals surface area contributed by atoms with E-state index in [4.69, 9.17) is 4.74 Å². The van der Waals surface area contributed by atoms with Crippen molar-refractivity contribution in [2.75, 3.05) is 11.9 Å². The molecule has 2 atom stereocenters. The standard InChI is InChI=1S/C23H26N6O3S/c24-11-16(13-32-17-6-2-1-3-7-17)27-22(30)19(10-15-12-25-14-26-15)28-21-18-8-4-5-9-20(18)33-23(31)29-21/h4-5,8-9,12,14,16-17,19H,1-3,6-7,10,13H2,(H,25,26)(H,27,30)(H,28,29,31). The van der Waals surface area contributed by atoms with Gasteiger partial charge in [-0.1, -0.05) is 42.7 Å². The minimum absolute atomic E-state index is 0.141. The number of aromatic nitrogens is 3. The van der Waals surface area contributed by atoms with Crippen molar-refractivity contribution in [2.45, 2.75) is 56.7 Å². The Labute approximate surface area is 195 Å². The summed E-state index contributed by atoms with van der Waals surface area (Å²) in [5.74, 6) is -0.0461. The fourth-order valence-corrected chi connectivity index (χ4v) is 4.71. The van der Waals surface area contributed by atoms with Gasteiger partial charge >= 0.3 is 4.87 Å². The van der Waals surface area contributed by atoms with Crippen molar-refractivity contribution in [3.05, 3.63) is 52.2 Å². The lowest BCUT2D eigenvalue weighted by molar-refractivity contribution is -0.122. The number of fused-ring (bicyclic) bond motifs is 1. The van der Waals surface area contributed by atoms with Gasteiger partial charge in [-0.2, -0.15) is 10.2 Å². The Morgan fingerprint density at radius 1 is 1.30 bits per heavy atom. The SMILES string of the molecule is N#CC(COC1CCCCC1)NC(=O)C(Cc1cnc[nH]1)Nc1nc(=O)sc2ccccc12. The fraction of sp³-hybridized carbons (Fsp3) is 0.435. The van der Waals surface area contributed by atoms with E-state index in [9.17, 15) is 14.9 Å². The molecule has 1 fully saturated rings. The van der Waals surface area contributed by atoms with Crippen LogP contribution >= 0.6 is 11.3 Å². The third-order valence-corrected chi connectivity index (χ3v) is 6.51. The number of ether oxygens (including phenoxy) is 1. The molecule has 0 aliphatic heterocycles. The number of anilines is 1. The zero-order valence-corrected chi connectivity index (χ0v) is 18.9. The number of carbonyl (C=O) groups is 1. The second-order valence-corrected chi connectivity index (χ2v) is 9.08. The number of rotatable bonds is 9. The van der Waals surface area contributed by atoms with Crippen molar-refractivity contribution in [3.63, 3.8) is 0 Å². The topological polar surface area (TPSA) is 133 Å². The van der Waals surface area contributed by atoms with E-state index >= 15 is 0 Å². The number of benzene rings is 1. The molecule has 4 rings (SSSR count). The quantitative estimate of drug-likeness (QED) is 0.442. The molecule has 0 radical (unpaired) electrons. The van der Waals surface area contributed by atoms with Gasteiger partial charge in [-0.05, 0) is 25.0 Å². The Kier molecular flexibility index (Phi) is 7.65. The van der Waals surface area contributed by atoms with Gasteiger partial charge in [0.15, 0.2) is 0 Å². The van der Waals surface area contributed by atoms with Crippen molar-refractivity contribution >= 4 is 33.1 Å². The minimum Gasteiger partial charge on any atom is -0.375 e. The predicted octanol–water partition coefficient (Wildman–Crippen LogP) is 2.76. The highest BCUT2D eigenvalue weighted by molar-refractivity contribution is 7.16. The van der Waals surface area contributed by atoms with E-state index in [1.54, 1.807) is 6.20 Å². The average Bonchev–Trinajstić information content (AvgIpc) is 3.35. The molecule has 33 heavy (non-hydrogen) atoms. The van der Waals surface area contributed by atoms with Gasteiger partial charge in [0.05, 0.1) is 25.1 Å². The number of hydrogen-bond donors (Lipinski definition) is 3. The number of hydrogen-bond acceptors (Lipinski definition) is 8. The number of carbonyl (C=O) groups excluding carboxylic acids is 1. The maximum Gasteiger partial charge on any atom is 0.328 e. The van der Waals surface area contributed by atoms with Crippen LogP contribution in [0.25, 0.3) is 10.1 Å². The smallest absolute Gasteiger partial charge is 0.328 e. The fourth-order valence-electron chi connectivity index (χ4n) is 3.97. The first kappa shape index (κ1) is 22.9. The van der Waals surface area contributed by atoms with Gasteiger partial charge in [0.1, 0.15) is 17.9 Å². The van der Waals surface area contributed by atoms with E-state index in [2.05, 4.69) is 31.7 Å². The van der Waals surface area contributed by atoms with Crippen LogP contribution in [0.5, 0.6) is 0 Å². The second-order valence-electron chi connectivity index (χ2n) is 8.09. The number of H-pyrrole nitrogens is 1. The lowest BCUT2D eigenvalue weighted by atomic mass is 9.98. The molecule has 9 nitrogen and oxygen atoms in total. The van der Waals surface area contributed by atoms with Gasteiger partial charge in [0, 0.05) is 28.4 Å². The predicted molar refractivity (Wildman–Crippen MR) is 126 cm³/mol. The second kappa shape index (κ2) is 11.0. The molecule has 10 heteroatoms. The molecule has 0 bridgehead atoms. The average molecular weight is 467 g/mol. The Morgan fingerprint density at radius 2 is 2.12 bits per heavy atom. The molecule has 2 heterocycles. The minimum atomic E-state index is -0.779. The number of imidazole rings is 1. The zero-order valence-electron chi connectivity index (χ0n) is 18.1. The molecule has 2 unspecified atom stereocenters. The van der Waals surface area contributed by atoms with Gasteiger partial charge in [0.25, 0.3) is 0 Å². The molecular formula is C23H26N6O3S. The number of nitrogens with one attached hydrogen (secondary N) is 3. The van der Waals surface area contributed by atoms with Gasteiger partial charge < -0.3 is 20.4 Å². The first-order valence-corrected chi connectivity index (χ1v) is 11.9. The zero-order chi connectivity index (χ0) is 23.0. The van der Waals surface area contributed by atoms with E-state index in [0.29, 0.717) is 5.82 Å². The summed E-state index contributed by atoms with van der Waals surface area (Å²) in [6.07, 6.45) is 9.03. The number of nitrogens with zero attached hydrogens (tertiary/aromatic N) is 3. The molecule has 0 saturated heterocycles. The van der Waals surface area contributed by atoms with Gasteiger partial charge in [-0.15, -0.1) is 0 Å². The summed E-state index contributed by atoms with van der Waals surface area (Å²) in [4.78, 5) is 36.1. The Bertz CT molecular complexity index is 1170. The summed E-state index contributed by atoms with van der Waals surface area (Å²) < 4.78 is 6.66. The van der Waals surface area contributed by atoms with Gasteiger partial charge in [0.2, 0.25) is 5.91 Å². The van der Waals surface area contributed by atoms with E-state index in [1.807, 2.05) is 24.3 Å². The molecule has 1 aromatic carbocycles. The van der Waals surface area contributed by atoms with Crippen LogP contribution in [-0.4, -0.2) is 45.7 Å². The molecular weight excluding hydrogens is 440 g/mol. The largest absolute Gasteiger partial charge is 0.375 e. The summed E-state index contributed by atoms with van der Waals surface area (Å²) >= 11 is 1.05. The molecule has 3 aromatic rings.